The van der Waals surface area contributed by atoms with Gasteiger partial charge in [0, 0.05) is 33.5 Å². The molecule has 2 aliphatic heterocycles. The first-order valence-corrected chi connectivity index (χ1v) is 8.00. The van der Waals surface area contributed by atoms with Crippen LogP contribution in [0.5, 0.6) is 0 Å². The summed E-state index contributed by atoms with van der Waals surface area (Å²) in [7, 11) is 0. The van der Waals surface area contributed by atoms with Crippen molar-refractivity contribution in [2.45, 2.75) is 26.2 Å². The molecule has 2 aliphatic rings. The van der Waals surface area contributed by atoms with Crippen molar-refractivity contribution in [1.82, 2.24) is 4.90 Å². The van der Waals surface area contributed by atoms with Crippen LogP contribution in [0.15, 0.2) is 29.8 Å². The summed E-state index contributed by atoms with van der Waals surface area (Å²) in [4.78, 5) is 26.3. The smallest absolute Gasteiger partial charge is 0.348 e. The van der Waals surface area contributed by atoms with E-state index in [1.54, 1.807) is 0 Å². The molecule has 0 amide bonds. The van der Waals surface area contributed by atoms with Crippen LogP contribution in [0.2, 0.25) is 0 Å². The van der Waals surface area contributed by atoms with Crippen LogP contribution in [0.4, 0.5) is 0 Å². The lowest BCUT2D eigenvalue weighted by Gasteiger charge is -2.29. The van der Waals surface area contributed by atoms with Crippen LogP contribution in [-0.4, -0.2) is 48.9 Å². The normalized spacial score (nSPS) is 21.2. The van der Waals surface area contributed by atoms with Crippen molar-refractivity contribution in [1.29, 1.82) is 0 Å². The highest BCUT2D eigenvalue weighted by Crippen LogP contribution is 2.24. The minimum Gasteiger partial charge on any atom is -0.419 e. The molecule has 6 heteroatoms. The Hall–Kier alpha value is -2.18. The molecule has 2 heterocycles. The summed E-state index contributed by atoms with van der Waals surface area (Å²) in [6, 6.07) is 7.74. The first kappa shape index (κ1) is 16.7. The zero-order chi connectivity index (χ0) is 17.2. The van der Waals surface area contributed by atoms with Gasteiger partial charge in [-0.3, -0.25) is 4.90 Å². The molecule has 0 N–H and O–H groups in total. The van der Waals surface area contributed by atoms with Gasteiger partial charge in [0.05, 0.1) is 13.2 Å². The molecule has 0 unspecified atom stereocenters. The number of hydrogen-bond acceptors (Lipinski definition) is 6. The topological polar surface area (TPSA) is 65.1 Å². The van der Waals surface area contributed by atoms with Gasteiger partial charge >= 0.3 is 11.9 Å². The zero-order valence-corrected chi connectivity index (χ0v) is 13.9. The number of benzene rings is 1. The van der Waals surface area contributed by atoms with E-state index in [1.165, 1.54) is 19.9 Å². The maximum absolute atomic E-state index is 12.0. The Bertz CT molecular complexity index is 652. The Labute approximate surface area is 141 Å². The summed E-state index contributed by atoms with van der Waals surface area (Å²) in [5.74, 6) is -2.53. The van der Waals surface area contributed by atoms with Crippen molar-refractivity contribution in [3.8, 4) is 0 Å². The number of ether oxygens (including phenoxy) is 3. The highest BCUT2D eigenvalue weighted by molar-refractivity contribution is 6.18. The van der Waals surface area contributed by atoms with Gasteiger partial charge in [-0.2, -0.15) is 0 Å². The molecule has 0 bridgehead atoms. The second-order valence-electron chi connectivity index (χ2n) is 6.37. The average molecular weight is 331 g/mol. The third-order valence-electron chi connectivity index (χ3n) is 3.89. The minimum absolute atomic E-state index is 0.0853. The molecular formula is C18H21NO5. The fourth-order valence-electron chi connectivity index (χ4n) is 2.74. The summed E-state index contributed by atoms with van der Waals surface area (Å²) in [5, 5.41) is 0. The summed E-state index contributed by atoms with van der Waals surface area (Å²) in [5.41, 5.74) is 1.80. The maximum atomic E-state index is 12.0. The fourth-order valence-corrected chi connectivity index (χ4v) is 2.74. The Kier molecular flexibility index (Phi) is 4.69. The molecule has 0 aliphatic carbocycles. The predicted octanol–water partition coefficient (Wildman–Crippen LogP) is 1.74. The highest BCUT2D eigenvalue weighted by Gasteiger charge is 2.38. The first-order valence-electron chi connectivity index (χ1n) is 8.00. The fraction of sp³-hybridized carbons (Fsp3) is 0.444. The van der Waals surface area contributed by atoms with Gasteiger partial charge in [0.1, 0.15) is 5.57 Å². The number of morpholine rings is 1. The first-order chi connectivity index (χ1) is 11.4. The molecule has 0 saturated carbocycles. The van der Waals surface area contributed by atoms with Gasteiger partial charge in [-0.15, -0.1) is 0 Å². The maximum Gasteiger partial charge on any atom is 0.348 e. The molecule has 6 nitrogen and oxygen atoms in total. The van der Waals surface area contributed by atoms with Gasteiger partial charge in [-0.25, -0.2) is 9.59 Å². The van der Waals surface area contributed by atoms with Crippen LogP contribution in [0, 0.1) is 0 Å². The summed E-state index contributed by atoms with van der Waals surface area (Å²) in [6.45, 7) is 7.17. The lowest BCUT2D eigenvalue weighted by Crippen LogP contribution is -2.41. The minimum atomic E-state index is -1.22. The van der Waals surface area contributed by atoms with Crippen molar-refractivity contribution >= 4 is 18.0 Å². The van der Waals surface area contributed by atoms with Crippen LogP contribution in [0.3, 0.4) is 0 Å². The van der Waals surface area contributed by atoms with Gasteiger partial charge in [-0.05, 0) is 17.2 Å². The number of hydrogen-bond donors (Lipinski definition) is 0. The van der Waals surface area contributed by atoms with E-state index in [-0.39, 0.29) is 5.57 Å². The zero-order valence-electron chi connectivity index (χ0n) is 13.9. The quantitative estimate of drug-likeness (QED) is 0.477. The SMILES string of the molecule is CC1(C)OC(=O)C(=Cc2cccc(CN3CCOCC3)c2)C(=O)O1. The molecular weight excluding hydrogens is 310 g/mol. The predicted molar refractivity (Wildman–Crippen MR) is 86.8 cm³/mol. The van der Waals surface area contributed by atoms with Gasteiger partial charge in [0.15, 0.2) is 0 Å². The molecule has 2 saturated heterocycles. The number of nitrogens with zero attached hydrogens (tertiary/aromatic N) is 1. The van der Waals surface area contributed by atoms with Crippen molar-refractivity contribution < 1.29 is 23.8 Å². The van der Waals surface area contributed by atoms with Crippen LogP contribution >= 0.6 is 0 Å². The molecule has 0 aromatic heterocycles. The average Bonchev–Trinajstić information content (AvgIpc) is 2.51. The number of carbonyl (C=O) groups excluding carboxylic acids is 2. The number of rotatable bonds is 3. The van der Waals surface area contributed by atoms with Crippen LogP contribution in [0.25, 0.3) is 6.08 Å². The number of carbonyl (C=O) groups is 2. The van der Waals surface area contributed by atoms with E-state index in [4.69, 9.17) is 14.2 Å². The van der Waals surface area contributed by atoms with Crippen molar-refractivity contribution in [3.63, 3.8) is 0 Å². The monoisotopic (exact) mass is 331 g/mol. The molecule has 2 fully saturated rings. The van der Waals surface area contributed by atoms with E-state index in [0.717, 1.165) is 44.0 Å². The second-order valence-corrected chi connectivity index (χ2v) is 6.37. The molecule has 1 aromatic rings. The van der Waals surface area contributed by atoms with Crippen molar-refractivity contribution in [3.05, 3.63) is 41.0 Å². The summed E-state index contributed by atoms with van der Waals surface area (Å²) in [6.07, 6.45) is 1.52. The number of cyclic esters (lactones) is 2. The molecule has 128 valence electrons. The Balaban J connectivity index is 1.76. The van der Waals surface area contributed by atoms with E-state index < -0.39 is 17.7 Å². The summed E-state index contributed by atoms with van der Waals surface area (Å²) >= 11 is 0. The van der Waals surface area contributed by atoms with E-state index >= 15 is 0 Å². The Morgan fingerprint density at radius 3 is 2.46 bits per heavy atom. The van der Waals surface area contributed by atoms with E-state index in [1.807, 2.05) is 24.3 Å². The van der Waals surface area contributed by atoms with Crippen LogP contribution < -0.4 is 0 Å². The number of esters is 2. The Morgan fingerprint density at radius 2 is 1.79 bits per heavy atom. The summed E-state index contributed by atoms with van der Waals surface area (Å²) < 4.78 is 15.6. The van der Waals surface area contributed by atoms with Crippen LogP contribution in [-0.2, 0) is 30.3 Å². The van der Waals surface area contributed by atoms with Gasteiger partial charge in [0.2, 0.25) is 0 Å². The van der Waals surface area contributed by atoms with Gasteiger partial charge in [0.25, 0.3) is 5.79 Å². The van der Waals surface area contributed by atoms with E-state index in [9.17, 15) is 9.59 Å². The lowest BCUT2D eigenvalue weighted by atomic mass is 10.1. The lowest BCUT2D eigenvalue weighted by molar-refractivity contribution is -0.222. The molecule has 24 heavy (non-hydrogen) atoms. The van der Waals surface area contributed by atoms with Crippen LogP contribution in [0.1, 0.15) is 25.0 Å². The molecule has 0 atom stereocenters. The molecule has 3 rings (SSSR count). The van der Waals surface area contributed by atoms with E-state index in [2.05, 4.69) is 4.90 Å². The standard InChI is InChI=1S/C18H21NO5/c1-18(2)23-16(20)15(17(21)24-18)11-13-4-3-5-14(10-13)12-19-6-8-22-9-7-19/h3-5,10-11H,6-9,12H2,1-2H3. The molecule has 0 radical (unpaired) electrons. The molecule has 0 spiro atoms. The van der Waals surface area contributed by atoms with Gasteiger partial charge < -0.3 is 14.2 Å². The van der Waals surface area contributed by atoms with E-state index in [0.29, 0.717) is 0 Å². The largest absolute Gasteiger partial charge is 0.419 e. The van der Waals surface area contributed by atoms with Crippen molar-refractivity contribution in [2.24, 2.45) is 0 Å². The third-order valence-corrected chi connectivity index (χ3v) is 3.89. The third kappa shape index (κ3) is 4.01. The highest BCUT2D eigenvalue weighted by atomic mass is 16.7. The van der Waals surface area contributed by atoms with Crippen molar-refractivity contribution in [2.75, 3.05) is 26.3 Å². The second kappa shape index (κ2) is 6.75. The Morgan fingerprint density at radius 1 is 1.12 bits per heavy atom. The van der Waals surface area contributed by atoms with Gasteiger partial charge in [-0.1, -0.05) is 24.3 Å². The molecule has 1 aromatic carbocycles.